The van der Waals surface area contributed by atoms with Crippen molar-refractivity contribution in [3.8, 4) is 11.5 Å². The number of aromatic nitrogens is 3. The van der Waals surface area contributed by atoms with E-state index in [1.54, 1.807) is 6.20 Å². The van der Waals surface area contributed by atoms with Gasteiger partial charge in [0, 0.05) is 22.4 Å². The van der Waals surface area contributed by atoms with Crippen molar-refractivity contribution in [3.63, 3.8) is 0 Å². The van der Waals surface area contributed by atoms with Gasteiger partial charge in [0.2, 0.25) is 0 Å². The molecule has 0 bridgehead atoms. The number of β-lactam (4-membered cyclic amide) rings is 1. The number of hydrogen-bond donors (Lipinski definition) is 5. The Balaban J connectivity index is 1.32. The highest BCUT2D eigenvalue weighted by Crippen LogP contribution is 2.42. The fourth-order valence-electron chi connectivity index (χ4n) is 3.91. The van der Waals surface area contributed by atoms with E-state index in [4.69, 9.17) is 10.6 Å². The number of oxime groups is 1. The number of phenols is 2. The average molecular weight is 658 g/mol. The van der Waals surface area contributed by atoms with Gasteiger partial charge in [-0.2, -0.15) is 0 Å². The summed E-state index contributed by atoms with van der Waals surface area (Å²) in [4.78, 5) is 48.5. The van der Waals surface area contributed by atoms with Crippen molar-refractivity contribution in [2.75, 3.05) is 17.2 Å². The van der Waals surface area contributed by atoms with E-state index in [0.29, 0.717) is 17.4 Å². The van der Waals surface area contributed by atoms with Gasteiger partial charge < -0.3 is 31.2 Å². The second-order valence-corrected chi connectivity index (χ2v) is 12.5. The molecule has 6 N–H and O–H groups in total. The van der Waals surface area contributed by atoms with E-state index < -0.39 is 70.2 Å². The Morgan fingerprint density at radius 1 is 1.31 bits per heavy atom. The number of thiazole rings is 1. The largest absolute Gasteiger partial charge is 0.502 e. The molecule has 0 aliphatic carbocycles. The molecule has 14 nitrogen and oxygen atoms in total. The number of amides is 2. The van der Waals surface area contributed by atoms with Crippen LogP contribution in [0.3, 0.4) is 0 Å². The molecule has 2 atom stereocenters. The summed E-state index contributed by atoms with van der Waals surface area (Å²) in [6.07, 6.45) is 1.55. The maximum absolute atomic E-state index is 14.2. The number of hydrogen-bond acceptors (Lipinski definition) is 15. The standard InChI is InChI=1S/C22H17F2N7O7S4/c23-9-1-7(12(24)17(33)16(9)32)3-38-29-13(10-6-41-22(25)27-10)18(34)28-14-19(35)31-15(21(36)37)8(5-40-20(14)31)4-39-11-2-26-30-42-11/h1-2,6,14,20,32-33H,3-5H2,(H2,25,27)(H,28,34)(H,36,37)/b29-13-/t14?,20-/m1/s1. The molecule has 2 aromatic heterocycles. The second-order valence-electron chi connectivity index (χ2n) is 8.46. The van der Waals surface area contributed by atoms with Crippen molar-refractivity contribution in [2.45, 2.75) is 22.2 Å². The van der Waals surface area contributed by atoms with Crippen molar-refractivity contribution in [1.82, 2.24) is 24.8 Å². The van der Waals surface area contributed by atoms with Crippen molar-refractivity contribution >= 4 is 75.0 Å². The molecule has 1 saturated heterocycles. The smallest absolute Gasteiger partial charge is 0.352 e. The van der Waals surface area contributed by atoms with E-state index in [9.17, 15) is 38.5 Å². The molecular weight excluding hydrogens is 641 g/mol. The maximum Gasteiger partial charge on any atom is 0.352 e. The Kier molecular flexibility index (Phi) is 8.48. The number of carbonyl (C=O) groups excluding carboxylic acids is 2. The van der Waals surface area contributed by atoms with E-state index in [1.165, 1.54) is 28.9 Å². The first kappa shape index (κ1) is 29.5. The number of aromatic hydroxyl groups is 2. The number of nitrogens with one attached hydrogen (secondary N) is 1. The first-order valence-electron chi connectivity index (χ1n) is 11.5. The number of nitrogens with zero attached hydrogens (tertiary/aromatic N) is 5. The van der Waals surface area contributed by atoms with Crippen LogP contribution in [0.25, 0.3) is 0 Å². The lowest BCUT2D eigenvalue weighted by molar-refractivity contribution is -0.150. The number of phenolic OH excluding ortho intramolecular Hbond substituents is 2. The lowest BCUT2D eigenvalue weighted by atomic mass is 10.0. The van der Waals surface area contributed by atoms with Crippen LogP contribution in [0.4, 0.5) is 13.9 Å². The van der Waals surface area contributed by atoms with Crippen molar-refractivity contribution < 1.29 is 43.3 Å². The lowest BCUT2D eigenvalue weighted by Crippen LogP contribution is -2.71. The number of benzene rings is 1. The molecule has 1 aromatic carbocycles. The van der Waals surface area contributed by atoms with Crippen LogP contribution in [0.5, 0.6) is 11.5 Å². The molecule has 0 saturated carbocycles. The number of thioether (sulfide) groups is 2. The van der Waals surface area contributed by atoms with Crippen LogP contribution in [0.1, 0.15) is 11.3 Å². The van der Waals surface area contributed by atoms with Crippen LogP contribution in [0, 0.1) is 11.6 Å². The third-order valence-corrected chi connectivity index (χ3v) is 9.80. The van der Waals surface area contributed by atoms with Crippen molar-refractivity contribution in [2.24, 2.45) is 5.16 Å². The molecule has 2 amide bonds. The van der Waals surface area contributed by atoms with Crippen LogP contribution >= 0.6 is 46.4 Å². The number of anilines is 1. The number of fused-ring (bicyclic) bond motifs is 1. The maximum atomic E-state index is 14.2. The molecule has 0 spiro atoms. The third-order valence-electron chi connectivity index (χ3n) is 5.86. The zero-order valence-corrected chi connectivity index (χ0v) is 24.0. The molecule has 1 fully saturated rings. The highest BCUT2D eigenvalue weighted by atomic mass is 32.2. The van der Waals surface area contributed by atoms with Crippen LogP contribution in [0.2, 0.25) is 0 Å². The number of carboxylic acid groups (broad SMARTS) is 1. The zero-order valence-electron chi connectivity index (χ0n) is 20.7. The minimum absolute atomic E-state index is 0.0434. The van der Waals surface area contributed by atoms with Crippen LogP contribution < -0.4 is 11.1 Å². The third kappa shape index (κ3) is 5.69. The zero-order chi connectivity index (χ0) is 30.1. The lowest BCUT2D eigenvalue weighted by Gasteiger charge is -2.49. The second kappa shape index (κ2) is 12.1. The van der Waals surface area contributed by atoms with E-state index in [-0.39, 0.29) is 22.3 Å². The van der Waals surface area contributed by atoms with E-state index in [2.05, 4.69) is 25.0 Å². The first-order chi connectivity index (χ1) is 20.1. The SMILES string of the molecule is Nc1nc(/C(=N/OCc2cc(F)c(O)c(O)c2F)C(=O)NC2C(=O)N3C(C(=O)O)=C(CSc4cnns4)CS[C@H]23)cs1. The minimum Gasteiger partial charge on any atom is -0.502 e. The van der Waals surface area contributed by atoms with Gasteiger partial charge in [-0.1, -0.05) is 9.64 Å². The Hall–Kier alpha value is -4.01. The molecule has 0 radical (unpaired) electrons. The molecule has 20 heteroatoms. The number of carboxylic acids is 1. The molecular formula is C22H17F2N7O7S4. The average Bonchev–Trinajstić information content (AvgIpc) is 3.65. The summed E-state index contributed by atoms with van der Waals surface area (Å²) >= 11 is 4.74. The van der Waals surface area contributed by atoms with E-state index >= 15 is 0 Å². The summed E-state index contributed by atoms with van der Waals surface area (Å²) in [6, 6.07) is -0.532. The summed E-state index contributed by atoms with van der Waals surface area (Å²) in [5.41, 5.74) is 5.02. The molecule has 42 heavy (non-hydrogen) atoms. The van der Waals surface area contributed by atoms with Gasteiger partial charge in [0.05, 0.1) is 6.20 Å². The fourth-order valence-corrected chi connectivity index (χ4v) is 7.37. The topological polar surface area (TPSA) is 213 Å². The number of rotatable bonds is 10. The molecule has 3 aromatic rings. The number of aliphatic carboxylic acids is 1. The first-order valence-corrected chi connectivity index (χ1v) is 15.2. The predicted octanol–water partition coefficient (Wildman–Crippen LogP) is 1.72. The number of nitrogen functional groups attached to an aromatic ring is 1. The molecule has 2 aliphatic heterocycles. The Labute approximate surface area is 250 Å². The molecule has 4 heterocycles. The molecule has 220 valence electrons. The van der Waals surface area contributed by atoms with Gasteiger partial charge in [0.1, 0.15) is 33.6 Å². The van der Waals surface area contributed by atoms with Gasteiger partial charge >= 0.3 is 5.97 Å². The van der Waals surface area contributed by atoms with Crippen LogP contribution in [0.15, 0.2) is 38.3 Å². The quantitative estimate of drug-likeness (QED) is 0.0692. The number of halogens is 2. The van der Waals surface area contributed by atoms with Crippen molar-refractivity contribution in [1.29, 1.82) is 0 Å². The van der Waals surface area contributed by atoms with Crippen LogP contribution in [-0.4, -0.2) is 81.2 Å². The summed E-state index contributed by atoms with van der Waals surface area (Å²) < 4.78 is 32.5. The van der Waals surface area contributed by atoms with Gasteiger partial charge in [-0.25, -0.2) is 18.6 Å². The Morgan fingerprint density at radius 3 is 2.76 bits per heavy atom. The molecule has 1 unspecified atom stereocenters. The minimum atomic E-state index is -1.36. The fraction of sp³-hybridized carbons (Fsp3) is 0.227. The van der Waals surface area contributed by atoms with Crippen molar-refractivity contribution in [3.05, 3.63) is 51.8 Å². The number of carbonyl (C=O) groups is 3. The van der Waals surface area contributed by atoms with Gasteiger partial charge in [-0.15, -0.1) is 40.0 Å². The highest BCUT2D eigenvalue weighted by molar-refractivity contribution is 8.01. The Morgan fingerprint density at radius 2 is 2.10 bits per heavy atom. The molecule has 2 aliphatic rings. The van der Waals surface area contributed by atoms with Gasteiger partial charge in [-0.05, 0) is 23.2 Å². The van der Waals surface area contributed by atoms with E-state index in [0.717, 1.165) is 32.0 Å². The highest BCUT2D eigenvalue weighted by Gasteiger charge is 2.54. The van der Waals surface area contributed by atoms with Crippen LogP contribution in [-0.2, 0) is 25.8 Å². The monoisotopic (exact) mass is 657 g/mol. The van der Waals surface area contributed by atoms with E-state index in [1.807, 2.05) is 0 Å². The summed E-state index contributed by atoms with van der Waals surface area (Å²) in [6.45, 7) is -0.757. The Bertz CT molecular complexity index is 1630. The van der Waals surface area contributed by atoms with Gasteiger partial charge in [0.25, 0.3) is 11.8 Å². The summed E-state index contributed by atoms with van der Waals surface area (Å²) in [5, 5.41) is 39.4. The normalized spacial score (nSPS) is 18.5. The summed E-state index contributed by atoms with van der Waals surface area (Å²) in [7, 11) is 0. The van der Waals surface area contributed by atoms with Gasteiger partial charge in [-0.3, -0.25) is 14.5 Å². The summed E-state index contributed by atoms with van der Waals surface area (Å²) in [5.74, 6) is -7.55. The van der Waals surface area contributed by atoms with Gasteiger partial charge in [0.15, 0.2) is 34.0 Å². The molecule has 5 rings (SSSR count). The predicted molar refractivity (Wildman–Crippen MR) is 148 cm³/mol. The number of nitrogens with two attached hydrogens (primary N) is 1.